The smallest absolute Gasteiger partial charge is 0.417 e. The third-order valence-electron chi connectivity index (χ3n) is 4.79. The molecule has 0 aliphatic rings. The van der Waals surface area contributed by atoms with E-state index in [4.69, 9.17) is 9.88 Å². The molecule has 0 radical (unpaired) electrons. The van der Waals surface area contributed by atoms with Gasteiger partial charge in [0.2, 0.25) is 10.0 Å². The fraction of sp³-hybridized carbons (Fsp3) is 0.136. The normalized spacial score (nSPS) is 11.8. The number of primary sulfonamides is 1. The predicted octanol–water partition coefficient (Wildman–Crippen LogP) is 3.77. The Labute approximate surface area is 187 Å². The van der Waals surface area contributed by atoms with Gasteiger partial charge in [0.05, 0.1) is 19.3 Å². The molecule has 7 nitrogen and oxygen atoms in total. The van der Waals surface area contributed by atoms with E-state index in [1.807, 2.05) is 0 Å². The number of carbonyl (C=O) groups is 1. The van der Waals surface area contributed by atoms with Crippen molar-refractivity contribution < 1.29 is 36.2 Å². The van der Waals surface area contributed by atoms with Crippen molar-refractivity contribution in [3.8, 4) is 16.9 Å². The van der Waals surface area contributed by atoms with Crippen molar-refractivity contribution in [2.75, 3.05) is 12.4 Å². The first-order valence-corrected chi connectivity index (χ1v) is 10.9. The molecule has 3 aromatic rings. The number of amides is 1. The monoisotopic (exact) mass is 480 g/mol. The van der Waals surface area contributed by atoms with E-state index in [2.05, 4.69) is 5.32 Å². The highest BCUT2D eigenvalue weighted by Gasteiger charge is 2.33. The molecule has 0 fully saturated rings. The standard InChI is InChI=1S/C22H19F3N2O5S/c1-32-19-11-15(7-9-20(19)33(26,30)31)27-21(29)13-6-8-16(14(10-13)12-28)17-4-2-3-5-18(17)22(23,24)25/h2-11,28H,12H2,1H3,(H,27,29)(H2,26,30,31). The van der Waals surface area contributed by atoms with E-state index in [1.54, 1.807) is 0 Å². The van der Waals surface area contributed by atoms with E-state index in [0.29, 0.717) is 0 Å². The van der Waals surface area contributed by atoms with Crippen LogP contribution in [0.25, 0.3) is 11.1 Å². The van der Waals surface area contributed by atoms with Crippen molar-refractivity contribution in [2.24, 2.45) is 5.14 Å². The summed E-state index contributed by atoms with van der Waals surface area (Å²) in [5.41, 5.74) is -0.450. The van der Waals surface area contributed by atoms with Crippen LogP contribution in [0.2, 0.25) is 0 Å². The van der Waals surface area contributed by atoms with Gasteiger partial charge in [-0.15, -0.1) is 0 Å². The molecule has 1 amide bonds. The molecule has 0 saturated heterocycles. The molecule has 0 aliphatic carbocycles. The number of sulfonamides is 1. The summed E-state index contributed by atoms with van der Waals surface area (Å²) < 4.78 is 68.4. The van der Waals surface area contributed by atoms with Crippen LogP contribution in [0.3, 0.4) is 0 Å². The topological polar surface area (TPSA) is 119 Å². The van der Waals surface area contributed by atoms with Crippen LogP contribution in [0, 0.1) is 0 Å². The quantitative estimate of drug-likeness (QED) is 0.496. The number of ether oxygens (including phenoxy) is 1. The van der Waals surface area contributed by atoms with Crippen molar-refractivity contribution in [3.05, 3.63) is 77.4 Å². The third-order valence-corrected chi connectivity index (χ3v) is 5.74. The van der Waals surface area contributed by atoms with Crippen LogP contribution < -0.4 is 15.2 Å². The second-order valence-electron chi connectivity index (χ2n) is 6.94. The number of methoxy groups -OCH3 is 1. The number of nitrogens with one attached hydrogen (secondary N) is 1. The molecular formula is C22H19F3N2O5S. The molecule has 0 unspecified atom stereocenters. The molecule has 11 heteroatoms. The number of aliphatic hydroxyl groups is 1. The van der Waals surface area contributed by atoms with Crippen molar-refractivity contribution >= 4 is 21.6 Å². The van der Waals surface area contributed by atoms with Crippen molar-refractivity contribution in [1.29, 1.82) is 0 Å². The summed E-state index contributed by atoms with van der Waals surface area (Å²) in [4.78, 5) is 12.4. The zero-order valence-electron chi connectivity index (χ0n) is 17.2. The van der Waals surface area contributed by atoms with Crippen LogP contribution in [0.1, 0.15) is 21.5 Å². The average Bonchev–Trinajstić information content (AvgIpc) is 2.77. The zero-order chi connectivity index (χ0) is 24.4. The highest BCUT2D eigenvalue weighted by molar-refractivity contribution is 7.89. The van der Waals surface area contributed by atoms with Crippen LogP contribution in [-0.4, -0.2) is 26.5 Å². The minimum Gasteiger partial charge on any atom is -0.495 e. The molecule has 0 heterocycles. The third kappa shape index (κ3) is 5.33. The van der Waals surface area contributed by atoms with Gasteiger partial charge in [0.25, 0.3) is 5.91 Å². The van der Waals surface area contributed by atoms with Gasteiger partial charge >= 0.3 is 6.18 Å². The van der Waals surface area contributed by atoms with Crippen molar-refractivity contribution in [2.45, 2.75) is 17.7 Å². The Hall–Kier alpha value is -3.41. The van der Waals surface area contributed by atoms with Crippen LogP contribution in [0.5, 0.6) is 5.75 Å². The van der Waals surface area contributed by atoms with Gasteiger partial charge in [-0.3, -0.25) is 4.79 Å². The van der Waals surface area contributed by atoms with E-state index in [1.165, 1.54) is 61.7 Å². The molecule has 33 heavy (non-hydrogen) atoms. The lowest BCUT2D eigenvalue weighted by Crippen LogP contribution is -2.15. The first-order chi connectivity index (χ1) is 15.5. The Morgan fingerprint density at radius 2 is 1.76 bits per heavy atom. The van der Waals surface area contributed by atoms with Gasteiger partial charge in [0, 0.05) is 17.3 Å². The molecule has 0 aliphatic heterocycles. The number of carbonyl (C=O) groups excluding carboxylic acids is 1. The maximum Gasteiger partial charge on any atom is 0.417 e. The lowest BCUT2D eigenvalue weighted by molar-refractivity contribution is -0.137. The number of alkyl halides is 3. The molecule has 0 atom stereocenters. The SMILES string of the molecule is COc1cc(NC(=O)c2ccc(-c3ccccc3C(F)(F)F)c(CO)c2)ccc1S(N)(=O)=O. The van der Waals surface area contributed by atoms with Gasteiger partial charge in [-0.1, -0.05) is 24.3 Å². The second kappa shape index (κ2) is 9.22. The summed E-state index contributed by atoms with van der Waals surface area (Å²) in [6.07, 6.45) is -4.60. The van der Waals surface area contributed by atoms with Crippen LogP contribution >= 0.6 is 0 Å². The molecule has 4 N–H and O–H groups in total. The van der Waals surface area contributed by atoms with Gasteiger partial charge in [-0.05, 0) is 47.0 Å². The molecule has 0 bridgehead atoms. The number of hydrogen-bond acceptors (Lipinski definition) is 5. The molecule has 174 valence electrons. The van der Waals surface area contributed by atoms with E-state index in [9.17, 15) is 31.5 Å². The lowest BCUT2D eigenvalue weighted by atomic mass is 9.93. The number of nitrogens with two attached hydrogens (primary N) is 1. The maximum absolute atomic E-state index is 13.4. The summed E-state index contributed by atoms with van der Waals surface area (Å²) in [6.45, 7) is -0.598. The number of benzene rings is 3. The summed E-state index contributed by atoms with van der Waals surface area (Å²) in [6, 6.07) is 12.6. The van der Waals surface area contributed by atoms with Gasteiger partial charge in [0.1, 0.15) is 10.6 Å². The first-order valence-electron chi connectivity index (χ1n) is 9.38. The van der Waals surface area contributed by atoms with Crippen LogP contribution in [0.15, 0.2) is 65.6 Å². The van der Waals surface area contributed by atoms with Gasteiger partial charge in [-0.2, -0.15) is 13.2 Å². The molecule has 0 saturated carbocycles. The number of hydrogen-bond donors (Lipinski definition) is 3. The molecule has 0 aromatic heterocycles. The summed E-state index contributed by atoms with van der Waals surface area (Å²) in [7, 11) is -2.81. The van der Waals surface area contributed by atoms with Crippen molar-refractivity contribution in [3.63, 3.8) is 0 Å². The number of halogens is 3. The van der Waals surface area contributed by atoms with E-state index in [-0.39, 0.29) is 38.6 Å². The Kier molecular flexibility index (Phi) is 6.77. The first kappa shape index (κ1) is 24.2. The van der Waals surface area contributed by atoms with Crippen LogP contribution in [0.4, 0.5) is 18.9 Å². The summed E-state index contributed by atoms with van der Waals surface area (Å²) in [5, 5.41) is 17.4. The fourth-order valence-corrected chi connectivity index (χ4v) is 3.96. The highest BCUT2D eigenvalue weighted by atomic mass is 32.2. The average molecular weight is 480 g/mol. The van der Waals surface area contributed by atoms with Gasteiger partial charge < -0.3 is 15.2 Å². The molecule has 3 aromatic carbocycles. The fourth-order valence-electron chi connectivity index (χ4n) is 3.28. The molecular weight excluding hydrogens is 461 g/mol. The molecule has 0 spiro atoms. The minimum atomic E-state index is -4.60. The van der Waals surface area contributed by atoms with Crippen molar-refractivity contribution in [1.82, 2.24) is 0 Å². The molecule has 3 rings (SSSR count). The Bertz CT molecular complexity index is 1310. The number of aliphatic hydroxyl groups excluding tert-OH is 1. The van der Waals surface area contributed by atoms with Gasteiger partial charge in [-0.25, -0.2) is 13.6 Å². The number of rotatable bonds is 6. The van der Waals surface area contributed by atoms with E-state index >= 15 is 0 Å². The Balaban J connectivity index is 1.94. The largest absolute Gasteiger partial charge is 0.495 e. The van der Waals surface area contributed by atoms with Gasteiger partial charge in [0.15, 0.2) is 0 Å². The van der Waals surface area contributed by atoms with Crippen LogP contribution in [-0.2, 0) is 22.8 Å². The summed E-state index contributed by atoms with van der Waals surface area (Å²) in [5.74, 6) is -0.712. The Morgan fingerprint density at radius 1 is 1.06 bits per heavy atom. The lowest BCUT2D eigenvalue weighted by Gasteiger charge is -2.16. The van der Waals surface area contributed by atoms with E-state index < -0.39 is 34.3 Å². The summed E-state index contributed by atoms with van der Waals surface area (Å²) >= 11 is 0. The minimum absolute atomic E-state index is 0.0711. The predicted molar refractivity (Wildman–Crippen MR) is 115 cm³/mol. The number of anilines is 1. The Morgan fingerprint density at radius 3 is 2.36 bits per heavy atom. The zero-order valence-corrected chi connectivity index (χ0v) is 18.0. The van der Waals surface area contributed by atoms with E-state index in [0.717, 1.165) is 6.07 Å². The second-order valence-corrected chi connectivity index (χ2v) is 8.47. The highest BCUT2D eigenvalue weighted by Crippen LogP contribution is 2.38. The maximum atomic E-state index is 13.4.